The number of aldehydes is 1. The molecule has 3 heteroatoms. The van der Waals surface area contributed by atoms with E-state index in [0.717, 1.165) is 19.1 Å². The molecular formula is C8H12FNO. The van der Waals surface area contributed by atoms with Crippen molar-refractivity contribution in [2.24, 2.45) is 5.92 Å². The lowest BCUT2D eigenvalue weighted by molar-refractivity contribution is -0.113. The van der Waals surface area contributed by atoms with Crippen molar-refractivity contribution >= 4 is 6.29 Å². The van der Waals surface area contributed by atoms with E-state index in [4.69, 9.17) is 0 Å². The van der Waals surface area contributed by atoms with Crippen LogP contribution in [0.2, 0.25) is 0 Å². The van der Waals surface area contributed by atoms with Gasteiger partial charge in [-0.25, -0.2) is 4.39 Å². The lowest BCUT2D eigenvalue weighted by atomic mass is 9.76. The number of hydrogen-bond acceptors (Lipinski definition) is 2. The maximum atomic E-state index is 13.0. The molecule has 0 aromatic carbocycles. The molecule has 0 aromatic heterocycles. The predicted molar refractivity (Wildman–Crippen MR) is 39.0 cm³/mol. The van der Waals surface area contributed by atoms with Gasteiger partial charge in [0.2, 0.25) is 0 Å². The lowest BCUT2D eigenvalue weighted by Crippen LogP contribution is -2.58. The molecule has 62 valence electrons. The Labute approximate surface area is 65.2 Å². The first-order valence-electron chi connectivity index (χ1n) is 4.16. The van der Waals surface area contributed by atoms with Gasteiger partial charge < -0.3 is 10.1 Å². The quantitative estimate of drug-likeness (QED) is 0.567. The topological polar surface area (TPSA) is 29.1 Å². The number of piperidine rings is 2. The van der Waals surface area contributed by atoms with Gasteiger partial charge in [0.15, 0.2) is 0 Å². The van der Waals surface area contributed by atoms with Crippen LogP contribution < -0.4 is 5.32 Å². The normalized spacial score (nSPS) is 49.2. The highest BCUT2D eigenvalue weighted by molar-refractivity contribution is 5.59. The second-order valence-electron chi connectivity index (χ2n) is 3.52. The summed E-state index contributed by atoms with van der Waals surface area (Å²) in [5.74, 6) is 0.257. The second kappa shape index (κ2) is 2.55. The summed E-state index contributed by atoms with van der Waals surface area (Å²) in [7, 11) is 0. The third-order valence-electron chi connectivity index (χ3n) is 2.87. The van der Waals surface area contributed by atoms with Crippen molar-refractivity contribution in [3.8, 4) is 0 Å². The Kier molecular flexibility index (Phi) is 1.68. The average Bonchev–Trinajstić information content (AvgIpc) is 2.05. The number of halogens is 1. The van der Waals surface area contributed by atoms with Crippen molar-refractivity contribution in [2.45, 2.75) is 37.5 Å². The highest BCUT2D eigenvalue weighted by atomic mass is 19.1. The minimum Gasteiger partial charge on any atom is -0.302 e. The Bertz CT molecular complexity index is 173. The van der Waals surface area contributed by atoms with Gasteiger partial charge in [0.25, 0.3) is 0 Å². The zero-order valence-electron chi connectivity index (χ0n) is 6.29. The number of rotatable bonds is 1. The molecule has 2 saturated heterocycles. The van der Waals surface area contributed by atoms with Gasteiger partial charge in [-0.1, -0.05) is 0 Å². The second-order valence-corrected chi connectivity index (χ2v) is 3.52. The average molecular weight is 157 g/mol. The summed E-state index contributed by atoms with van der Waals surface area (Å²) in [6.07, 6.45) is 2.70. The lowest BCUT2D eigenvalue weighted by Gasteiger charge is -2.43. The van der Waals surface area contributed by atoms with Crippen LogP contribution in [0.3, 0.4) is 0 Å². The van der Waals surface area contributed by atoms with Crippen molar-refractivity contribution in [1.82, 2.24) is 5.32 Å². The summed E-state index contributed by atoms with van der Waals surface area (Å²) in [6, 6.07) is -0.115. The summed E-state index contributed by atoms with van der Waals surface area (Å²) >= 11 is 0. The maximum Gasteiger partial charge on any atom is 0.137 e. The number of nitrogens with one attached hydrogen (secondary N) is 1. The van der Waals surface area contributed by atoms with Crippen LogP contribution in [-0.4, -0.2) is 24.5 Å². The van der Waals surface area contributed by atoms with Crippen molar-refractivity contribution in [2.75, 3.05) is 0 Å². The smallest absolute Gasteiger partial charge is 0.137 e. The van der Waals surface area contributed by atoms with Gasteiger partial charge in [-0.2, -0.15) is 0 Å². The van der Waals surface area contributed by atoms with E-state index in [1.165, 1.54) is 0 Å². The van der Waals surface area contributed by atoms with E-state index in [-0.39, 0.29) is 18.0 Å². The monoisotopic (exact) mass is 157 g/mol. The molecule has 0 aromatic rings. The van der Waals surface area contributed by atoms with E-state index >= 15 is 0 Å². The maximum absolute atomic E-state index is 13.0. The van der Waals surface area contributed by atoms with Gasteiger partial charge in [-0.05, 0) is 25.2 Å². The number of carbonyl (C=O) groups excluding carboxylic acids is 1. The Morgan fingerprint density at radius 3 is 2.73 bits per heavy atom. The molecular weight excluding hydrogens is 145 g/mol. The summed E-state index contributed by atoms with van der Waals surface area (Å²) < 4.78 is 13.0. The first kappa shape index (κ1) is 7.22. The predicted octanol–water partition coefficient (Wildman–Crippen LogP) is 0.664. The first-order valence-corrected chi connectivity index (χ1v) is 4.16. The van der Waals surface area contributed by atoms with Crippen LogP contribution >= 0.6 is 0 Å². The summed E-state index contributed by atoms with van der Waals surface area (Å²) in [5.41, 5.74) is 0. The van der Waals surface area contributed by atoms with Gasteiger partial charge in [0.1, 0.15) is 12.5 Å². The van der Waals surface area contributed by atoms with Gasteiger partial charge in [-0.3, -0.25) is 0 Å². The van der Waals surface area contributed by atoms with E-state index in [1.807, 2.05) is 0 Å². The fourth-order valence-corrected chi connectivity index (χ4v) is 2.19. The minimum absolute atomic E-state index is 0.0461. The first-order chi connectivity index (χ1) is 5.31. The molecule has 1 aliphatic carbocycles. The molecule has 3 rings (SSSR count). The summed E-state index contributed by atoms with van der Waals surface area (Å²) in [5, 5.41) is 3.01. The summed E-state index contributed by atoms with van der Waals surface area (Å²) in [4.78, 5) is 10.5. The van der Waals surface area contributed by atoms with Crippen LogP contribution in [0.25, 0.3) is 0 Å². The minimum atomic E-state index is -0.718. The molecule has 2 nitrogen and oxygen atoms in total. The van der Waals surface area contributed by atoms with Gasteiger partial charge in [0, 0.05) is 6.04 Å². The van der Waals surface area contributed by atoms with E-state index in [1.54, 1.807) is 0 Å². The van der Waals surface area contributed by atoms with Crippen LogP contribution in [0.15, 0.2) is 0 Å². The third kappa shape index (κ3) is 1.07. The molecule has 2 heterocycles. The molecule has 4 atom stereocenters. The SMILES string of the molecule is O=C[C@H]1N[C@H]2CC[C@@H]1C[C@H]2F. The molecule has 0 spiro atoms. The van der Waals surface area contributed by atoms with Crippen LogP contribution in [0.4, 0.5) is 4.39 Å². The molecule has 0 radical (unpaired) electrons. The van der Waals surface area contributed by atoms with E-state index in [2.05, 4.69) is 5.32 Å². The van der Waals surface area contributed by atoms with Gasteiger partial charge in [-0.15, -0.1) is 0 Å². The zero-order valence-corrected chi connectivity index (χ0v) is 6.29. The molecule has 1 N–H and O–H groups in total. The number of hydrogen-bond donors (Lipinski definition) is 1. The molecule has 0 unspecified atom stereocenters. The Morgan fingerprint density at radius 2 is 2.27 bits per heavy atom. The molecule has 2 aliphatic heterocycles. The fraction of sp³-hybridized carbons (Fsp3) is 0.875. The summed E-state index contributed by atoms with van der Waals surface area (Å²) in [6.45, 7) is 0. The largest absolute Gasteiger partial charge is 0.302 e. The highest BCUT2D eigenvalue weighted by Gasteiger charge is 2.41. The Hall–Kier alpha value is -0.440. The van der Waals surface area contributed by atoms with Gasteiger partial charge >= 0.3 is 0 Å². The molecule has 3 fully saturated rings. The third-order valence-corrected chi connectivity index (χ3v) is 2.87. The molecule has 11 heavy (non-hydrogen) atoms. The zero-order chi connectivity index (χ0) is 7.84. The van der Waals surface area contributed by atoms with Crippen LogP contribution in [0.5, 0.6) is 0 Å². The molecule has 3 aliphatic rings. The Morgan fingerprint density at radius 1 is 1.45 bits per heavy atom. The molecule has 1 saturated carbocycles. The van der Waals surface area contributed by atoms with Gasteiger partial charge in [0.05, 0.1) is 6.04 Å². The van der Waals surface area contributed by atoms with E-state index < -0.39 is 6.17 Å². The number of fused-ring (bicyclic) bond motifs is 3. The highest BCUT2D eigenvalue weighted by Crippen LogP contribution is 2.34. The molecule has 2 bridgehead atoms. The van der Waals surface area contributed by atoms with Crippen molar-refractivity contribution in [1.29, 1.82) is 0 Å². The van der Waals surface area contributed by atoms with E-state index in [0.29, 0.717) is 6.42 Å². The van der Waals surface area contributed by atoms with Crippen LogP contribution in [0.1, 0.15) is 19.3 Å². The standard InChI is InChI=1S/C8H12FNO/c9-6-3-5-1-2-7(6)10-8(5)4-11/h4-8,10H,1-3H2/t5-,6-,7+,8-/m1/s1. The number of alkyl halides is 1. The Balaban J connectivity index is 2.09. The van der Waals surface area contributed by atoms with Crippen LogP contribution in [0, 0.1) is 5.92 Å². The van der Waals surface area contributed by atoms with E-state index in [9.17, 15) is 9.18 Å². The van der Waals surface area contributed by atoms with Crippen molar-refractivity contribution in [3.05, 3.63) is 0 Å². The fourth-order valence-electron chi connectivity index (χ4n) is 2.19. The number of carbonyl (C=O) groups is 1. The molecule has 0 amide bonds. The van der Waals surface area contributed by atoms with Crippen LogP contribution in [-0.2, 0) is 4.79 Å². The van der Waals surface area contributed by atoms with Crippen molar-refractivity contribution < 1.29 is 9.18 Å². The van der Waals surface area contributed by atoms with Crippen molar-refractivity contribution in [3.63, 3.8) is 0 Å².